The minimum Gasteiger partial charge on any atom is -0.478 e. The van der Waals surface area contributed by atoms with Crippen LogP contribution in [0.4, 0.5) is 0 Å². The lowest BCUT2D eigenvalue weighted by molar-refractivity contribution is -0.134. The molecule has 190 valence electrons. The van der Waals surface area contributed by atoms with Gasteiger partial charge >= 0.3 is 5.97 Å². The van der Waals surface area contributed by atoms with Crippen LogP contribution in [0.25, 0.3) is 0 Å². The van der Waals surface area contributed by atoms with Gasteiger partial charge in [0.05, 0.1) is 7.59 Å². The normalized spacial score (nSPS) is 16.9. The van der Waals surface area contributed by atoms with Gasteiger partial charge in [-0.2, -0.15) is 0 Å². The number of rotatable bonds is 14. The lowest BCUT2D eigenvalue weighted by atomic mass is 9.57. The first-order valence-corrected chi connectivity index (χ1v) is 22.6. The monoisotopic (exact) mass is 554 g/mol. The van der Waals surface area contributed by atoms with Crippen molar-refractivity contribution in [3.05, 3.63) is 11.1 Å². The highest BCUT2D eigenvalue weighted by Crippen LogP contribution is 2.59. The van der Waals surface area contributed by atoms with E-state index in [-0.39, 0.29) is 25.1 Å². The fraction of sp³-hybridized carbons (Fsp3) is 0.850. The zero-order chi connectivity index (χ0) is 25.6. The van der Waals surface area contributed by atoms with Crippen molar-refractivity contribution in [2.45, 2.75) is 93.9 Å². The highest BCUT2D eigenvalue weighted by atomic mass is 29.2. The van der Waals surface area contributed by atoms with Gasteiger partial charge in [0.25, 0.3) is 30.0 Å². The van der Waals surface area contributed by atoms with Crippen LogP contribution in [0, 0.1) is 16.2 Å². The van der Waals surface area contributed by atoms with E-state index in [9.17, 15) is 9.90 Å². The number of carbonyl (C=O) groups is 1. The summed E-state index contributed by atoms with van der Waals surface area (Å²) in [6.45, 7) is 28.3. The van der Waals surface area contributed by atoms with E-state index >= 15 is 0 Å². The molecule has 0 unspecified atom stereocenters. The van der Waals surface area contributed by atoms with E-state index in [1.54, 1.807) is 0 Å². The number of allylic oxidation sites excluding steroid dienone is 1. The first-order chi connectivity index (χ1) is 14.2. The van der Waals surface area contributed by atoms with Crippen LogP contribution >= 0.6 is 0 Å². The van der Waals surface area contributed by atoms with Crippen LogP contribution in [0.1, 0.15) is 69.2 Å². The molecule has 6 nitrogen and oxygen atoms in total. The second-order valence-electron chi connectivity index (χ2n) is 12.7. The van der Waals surface area contributed by atoms with Crippen LogP contribution in [-0.4, -0.2) is 67.7 Å². The molecule has 0 amide bonds. The fourth-order valence-corrected chi connectivity index (χ4v) is 21.1. The number of hydrogen-bond donors (Lipinski definition) is 1. The summed E-state index contributed by atoms with van der Waals surface area (Å²) in [6.07, 6.45) is 0. The minimum atomic E-state index is -1.03. The van der Waals surface area contributed by atoms with E-state index < -0.39 is 58.8 Å². The third kappa shape index (κ3) is 9.54. The second kappa shape index (κ2) is 12.4. The van der Waals surface area contributed by atoms with Crippen LogP contribution in [0.3, 0.4) is 0 Å². The van der Waals surface area contributed by atoms with E-state index in [4.69, 9.17) is 16.5 Å². The van der Waals surface area contributed by atoms with E-state index in [0.717, 1.165) is 5.57 Å². The molecule has 0 aliphatic heterocycles. The molecule has 1 N–H and O–H groups in total. The zero-order valence-corrected chi connectivity index (χ0v) is 31.1. The Bertz CT molecular complexity index is 650. The van der Waals surface area contributed by atoms with Crippen LogP contribution in [0.5, 0.6) is 0 Å². The van der Waals surface area contributed by atoms with Crippen molar-refractivity contribution in [3.8, 4) is 0 Å². The first-order valence-electron chi connectivity index (χ1n) is 11.4. The van der Waals surface area contributed by atoms with Crippen LogP contribution in [0.15, 0.2) is 11.1 Å². The predicted molar refractivity (Wildman–Crippen MR) is 152 cm³/mol. The van der Waals surface area contributed by atoms with E-state index in [1.165, 1.54) is 0 Å². The molecule has 0 spiro atoms. The molecule has 0 aliphatic carbocycles. The van der Waals surface area contributed by atoms with Crippen molar-refractivity contribution in [1.29, 1.82) is 0 Å². The van der Waals surface area contributed by atoms with Crippen molar-refractivity contribution >= 4 is 62.6 Å². The Hall–Kier alpha value is 0.351. The van der Waals surface area contributed by atoms with Gasteiger partial charge < -0.3 is 21.6 Å². The molecular weight excluding hydrogens is 505 g/mol. The first kappa shape index (κ1) is 32.4. The molecule has 12 heteroatoms. The van der Waals surface area contributed by atoms with Crippen LogP contribution < -0.4 is 0 Å². The van der Waals surface area contributed by atoms with Gasteiger partial charge in [0.15, 0.2) is 9.76 Å². The minimum absolute atomic E-state index is 0.0428. The SMILES string of the molecule is CC(=C(C(=O)O)C(C)(C)C)C(C)(C)C(C)(C)C(C)(C)[SiH2]O[SiH2]O[SiH2]O[SiH2]O[SiH2][Si](C)(C)C. The van der Waals surface area contributed by atoms with Gasteiger partial charge in [-0.1, -0.05) is 87.5 Å². The van der Waals surface area contributed by atoms with Gasteiger partial charge in [-0.05, 0) is 28.2 Å². The highest BCUT2D eigenvalue weighted by Gasteiger charge is 2.50. The third-order valence-corrected chi connectivity index (χ3v) is 19.6. The smallest absolute Gasteiger partial charge is 0.332 e. The largest absolute Gasteiger partial charge is 0.478 e. The number of hydrogen-bond acceptors (Lipinski definition) is 5. The van der Waals surface area contributed by atoms with Crippen molar-refractivity contribution < 1.29 is 26.4 Å². The fourth-order valence-electron chi connectivity index (χ4n) is 3.74. The maximum Gasteiger partial charge on any atom is 0.332 e. The summed E-state index contributed by atoms with van der Waals surface area (Å²) in [4.78, 5) is 12.1. The Morgan fingerprint density at radius 3 is 1.62 bits per heavy atom. The summed E-state index contributed by atoms with van der Waals surface area (Å²) in [5, 5.41) is 9.89. The van der Waals surface area contributed by atoms with Gasteiger partial charge in [0, 0.05) is 5.57 Å². The van der Waals surface area contributed by atoms with E-state index in [0.29, 0.717) is 5.57 Å². The lowest BCUT2D eigenvalue weighted by Gasteiger charge is -2.53. The van der Waals surface area contributed by atoms with Gasteiger partial charge in [-0.25, -0.2) is 4.79 Å². The van der Waals surface area contributed by atoms with Gasteiger partial charge in [-0.15, -0.1) is 0 Å². The molecule has 0 atom stereocenters. The summed E-state index contributed by atoms with van der Waals surface area (Å²) in [7, 11) is -5.14. The van der Waals surface area contributed by atoms with E-state index in [2.05, 4.69) is 61.2 Å². The Labute approximate surface area is 209 Å². The molecule has 0 fully saturated rings. The Kier molecular flexibility index (Phi) is 12.5. The molecule has 0 heterocycles. The predicted octanol–water partition coefficient (Wildman–Crippen LogP) is 1.75. The van der Waals surface area contributed by atoms with Crippen molar-refractivity contribution in [3.63, 3.8) is 0 Å². The Morgan fingerprint density at radius 1 is 0.781 bits per heavy atom. The summed E-state index contributed by atoms with van der Waals surface area (Å²) in [6, 6.07) is 0. The number of carboxylic acid groups (broad SMARTS) is 1. The average molecular weight is 555 g/mol. The molecule has 32 heavy (non-hydrogen) atoms. The second-order valence-corrected chi connectivity index (χ2v) is 34.6. The molecule has 0 saturated carbocycles. The van der Waals surface area contributed by atoms with Gasteiger partial charge in [0.2, 0.25) is 0 Å². The summed E-state index contributed by atoms with van der Waals surface area (Å²) in [5.41, 5.74) is 0.575. The highest BCUT2D eigenvalue weighted by molar-refractivity contribution is 7.21. The van der Waals surface area contributed by atoms with Crippen LogP contribution in [-0.2, 0) is 21.3 Å². The Morgan fingerprint density at radius 2 is 1.22 bits per heavy atom. The summed E-state index contributed by atoms with van der Waals surface area (Å²) < 4.78 is 23.5. The number of aliphatic carboxylic acids is 1. The van der Waals surface area contributed by atoms with Crippen molar-refractivity contribution in [1.82, 2.24) is 0 Å². The topological polar surface area (TPSA) is 74.2 Å². The maximum atomic E-state index is 12.1. The maximum absolute atomic E-state index is 12.1. The lowest BCUT2D eigenvalue weighted by Crippen LogP contribution is -2.46. The molecular formula is C20H50O6Si6. The van der Waals surface area contributed by atoms with Crippen molar-refractivity contribution in [2.75, 3.05) is 0 Å². The molecule has 0 aromatic heterocycles. The Balaban J connectivity index is 4.99. The van der Waals surface area contributed by atoms with Crippen molar-refractivity contribution in [2.24, 2.45) is 16.2 Å². The quantitative estimate of drug-likeness (QED) is 0.200. The number of carboxylic acids is 1. The average Bonchev–Trinajstić information content (AvgIpc) is 2.57. The summed E-state index contributed by atoms with van der Waals surface area (Å²) in [5.74, 6) is -0.823. The standard InChI is InChI=1S/C20H50O6Si6/c1-14(15(16(21)22)17(2,3)4)18(5,6)19(7,8)20(9,10)27-23-28-24-29-25-30-26-31-32(11,12)13/h27-31H2,1-13H3,(H,21,22). The molecule has 0 aliphatic rings. The van der Waals surface area contributed by atoms with Gasteiger partial charge in [-0.3, -0.25) is 0 Å². The molecule has 0 saturated heterocycles. The zero-order valence-electron chi connectivity index (χ0n) is 23.0. The molecule has 0 aromatic carbocycles. The third-order valence-electron chi connectivity index (χ3n) is 7.03. The van der Waals surface area contributed by atoms with E-state index in [1.807, 2.05) is 27.7 Å². The summed E-state index contributed by atoms with van der Waals surface area (Å²) >= 11 is 0. The van der Waals surface area contributed by atoms with Gasteiger partial charge in [0.1, 0.15) is 9.28 Å². The van der Waals surface area contributed by atoms with Crippen LogP contribution in [0.2, 0.25) is 24.7 Å². The molecule has 0 aromatic rings. The molecule has 0 rings (SSSR count). The molecule has 0 bridgehead atoms. The molecule has 0 radical (unpaired) electrons.